The van der Waals surface area contributed by atoms with Crippen LogP contribution in [-0.4, -0.2) is 39.0 Å². The van der Waals surface area contributed by atoms with Gasteiger partial charge in [-0.3, -0.25) is 4.90 Å². The molecule has 1 aromatic carbocycles. The van der Waals surface area contributed by atoms with Crippen molar-refractivity contribution < 1.29 is 14.6 Å². The highest BCUT2D eigenvalue weighted by atomic mass is 16.7. The molecule has 6 heteroatoms. The molecule has 2 aliphatic rings. The van der Waals surface area contributed by atoms with Crippen LogP contribution in [0, 0.1) is 0 Å². The normalized spacial score (nSPS) is 20.7. The number of rotatable bonds is 3. The van der Waals surface area contributed by atoms with Crippen molar-refractivity contribution in [1.29, 1.82) is 0 Å². The molecule has 1 aromatic heterocycles. The lowest BCUT2D eigenvalue weighted by atomic mass is 10.1. The molecule has 116 valence electrons. The van der Waals surface area contributed by atoms with Crippen molar-refractivity contribution in [2.75, 3.05) is 13.4 Å². The van der Waals surface area contributed by atoms with Gasteiger partial charge in [0.25, 0.3) is 0 Å². The Bertz CT molecular complexity index is 670. The zero-order chi connectivity index (χ0) is 14.9. The molecule has 1 atom stereocenters. The van der Waals surface area contributed by atoms with E-state index in [4.69, 9.17) is 9.47 Å². The van der Waals surface area contributed by atoms with Gasteiger partial charge in [-0.25, -0.2) is 4.98 Å². The number of ether oxygens (including phenoxy) is 2. The summed E-state index contributed by atoms with van der Waals surface area (Å²) in [6.07, 6.45) is 4.70. The van der Waals surface area contributed by atoms with Crippen LogP contribution in [0.5, 0.6) is 11.5 Å². The maximum atomic E-state index is 9.72. The highest BCUT2D eigenvalue weighted by Gasteiger charge is 2.24. The lowest BCUT2D eigenvalue weighted by molar-refractivity contribution is 0.107. The van der Waals surface area contributed by atoms with Crippen LogP contribution in [0.15, 0.2) is 30.7 Å². The van der Waals surface area contributed by atoms with Gasteiger partial charge < -0.3 is 19.1 Å². The molecule has 1 unspecified atom stereocenters. The van der Waals surface area contributed by atoms with Crippen molar-refractivity contribution >= 4 is 0 Å². The molecular weight excluding hydrogens is 282 g/mol. The summed E-state index contributed by atoms with van der Waals surface area (Å²) in [5, 5.41) is 9.72. The van der Waals surface area contributed by atoms with E-state index in [-0.39, 0.29) is 12.6 Å². The largest absolute Gasteiger partial charge is 0.454 e. The Morgan fingerprint density at radius 3 is 3.09 bits per heavy atom. The van der Waals surface area contributed by atoms with E-state index in [0.29, 0.717) is 6.79 Å². The second-order valence-electron chi connectivity index (χ2n) is 5.80. The van der Waals surface area contributed by atoms with Crippen LogP contribution in [0.4, 0.5) is 0 Å². The summed E-state index contributed by atoms with van der Waals surface area (Å²) in [6, 6.07) is 6.20. The highest BCUT2D eigenvalue weighted by Crippen LogP contribution is 2.33. The van der Waals surface area contributed by atoms with Crippen LogP contribution >= 0.6 is 0 Å². The fraction of sp³-hybridized carbons (Fsp3) is 0.438. The molecule has 0 spiro atoms. The SMILES string of the molecule is OCC1CCn2cncc2CN1Cc1ccc2c(c1)OCO2. The summed E-state index contributed by atoms with van der Waals surface area (Å²) in [5.74, 6) is 1.61. The number of aryl methyl sites for hydroxylation is 1. The first-order valence-electron chi connectivity index (χ1n) is 7.56. The zero-order valence-electron chi connectivity index (χ0n) is 12.3. The van der Waals surface area contributed by atoms with Gasteiger partial charge in [0.05, 0.1) is 18.6 Å². The van der Waals surface area contributed by atoms with E-state index in [1.807, 2.05) is 24.7 Å². The van der Waals surface area contributed by atoms with Gasteiger partial charge in [-0.05, 0) is 24.1 Å². The Hall–Kier alpha value is -2.05. The standard InChI is InChI=1S/C16H19N3O3/c20-9-13-3-4-18-10-17-6-14(18)8-19(13)7-12-1-2-15-16(5-12)22-11-21-15/h1-2,5-6,10,13,20H,3-4,7-9,11H2. The molecule has 22 heavy (non-hydrogen) atoms. The fourth-order valence-electron chi connectivity index (χ4n) is 3.15. The number of aromatic nitrogens is 2. The number of hydrogen-bond acceptors (Lipinski definition) is 5. The lowest BCUT2D eigenvalue weighted by Gasteiger charge is -2.28. The Morgan fingerprint density at radius 1 is 1.27 bits per heavy atom. The molecule has 0 fully saturated rings. The van der Waals surface area contributed by atoms with Gasteiger partial charge in [-0.15, -0.1) is 0 Å². The average molecular weight is 301 g/mol. The number of fused-ring (bicyclic) bond motifs is 2. The molecule has 0 aliphatic carbocycles. The molecule has 1 N–H and O–H groups in total. The van der Waals surface area contributed by atoms with Crippen LogP contribution in [0.2, 0.25) is 0 Å². The second-order valence-corrected chi connectivity index (χ2v) is 5.80. The first-order chi connectivity index (χ1) is 10.8. The summed E-state index contributed by atoms with van der Waals surface area (Å²) in [6.45, 7) is 2.93. The van der Waals surface area contributed by atoms with E-state index in [9.17, 15) is 5.11 Å². The van der Waals surface area contributed by atoms with Crippen molar-refractivity contribution in [2.45, 2.75) is 32.1 Å². The Balaban J connectivity index is 1.57. The molecule has 0 saturated carbocycles. The predicted molar refractivity (Wildman–Crippen MR) is 79.5 cm³/mol. The number of imidazole rings is 1. The van der Waals surface area contributed by atoms with Gasteiger partial charge in [-0.2, -0.15) is 0 Å². The van der Waals surface area contributed by atoms with E-state index in [0.717, 1.165) is 43.1 Å². The molecule has 6 nitrogen and oxygen atoms in total. The highest BCUT2D eigenvalue weighted by molar-refractivity contribution is 5.44. The minimum absolute atomic E-state index is 0.158. The van der Waals surface area contributed by atoms with E-state index >= 15 is 0 Å². The first-order valence-corrected chi connectivity index (χ1v) is 7.56. The van der Waals surface area contributed by atoms with Gasteiger partial charge >= 0.3 is 0 Å². The molecule has 0 bridgehead atoms. The van der Waals surface area contributed by atoms with E-state index < -0.39 is 0 Å². The van der Waals surface area contributed by atoms with Crippen LogP contribution < -0.4 is 9.47 Å². The fourth-order valence-corrected chi connectivity index (χ4v) is 3.15. The number of aliphatic hydroxyl groups excluding tert-OH is 1. The smallest absolute Gasteiger partial charge is 0.231 e. The average Bonchev–Trinajstić information content (AvgIpc) is 3.13. The van der Waals surface area contributed by atoms with Crippen molar-refractivity contribution in [2.24, 2.45) is 0 Å². The zero-order valence-corrected chi connectivity index (χ0v) is 12.3. The minimum atomic E-state index is 0.158. The topological polar surface area (TPSA) is 59.8 Å². The van der Waals surface area contributed by atoms with Crippen molar-refractivity contribution in [3.05, 3.63) is 42.0 Å². The third-order valence-electron chi connectivity index (χ3n) is 4.42. The van der Waals surface area contributed by atoms with Crippen LogP contribution in [-0.2, 0) is 19.6 Å². The van der Waals surface area contributed by atoms with Crippen LogP contribution in [0.3, 0.4) is 0 Å². The Morgan fingerprint density at radius 2 is 2.18 bits per heavy atom. The first kappa shape index (κ1) is 13.6. The number of benzene rings is 1. The Labute approximate surface area is 128 Å². The van der Waals surface area contributed by atoms with Gasteiger partial charge in [0, 0.05) is 31.9 Å². The van der Waals surface area contributed by atoms with Crippen molar-refractivity contribution in [1.82, 2.24) is 14.5 Å². The van der Waals surface area contributed by atoms with Crippen LogP contribution in [0.25, 0.3) is 0 Å². The summed E-state index contributed by atoms with van der Waals surface area (Å²) >= 11 is 0. The molecule has 3 heterocycles. The number of nitrogens with zero attached hydrogens (tertiary/aromatic N) is 3. The summed E-state index contributed by atoms with van der Waals surface area (Å²) < 4.78 is 13.0. The lowest BCUT2D eigenvalue weighted by Crippen LogP contribution is -2.36. The van der Waals surface area contributed by atoms with Crippen molar-refractivity contribution in [3.8, 4) is 11.5 Å². The van der Waals surface area contributed by atoms with Crippen LogP contribution in [0.1, 0.15) is 17.7 Å². The quantitative estimate of drug-likeness (QED) is 0.928. The van der Waals surface area contributed by atoms with Gasteiger partial charge in [0.15, 0.2) is 11.5 Å². The summed E-state index contributed by atoms with van der Waals surface area (Å²) in [7, 11) is 0. The molecule has 4 rings (SSSR count). The second kappa shape index (κ2) is 5.62. The van der Waals surface area contributed by atoms with E-state index in [1.54, 1.807) is 0 Å². The number of aliphatic hydroxyl groups is 1. The third kappa shape index (κ3) is 2.44. The van der Waals surface area contributed by atoms with E-state index in [1.165, 1.54) is 5.69 Å². The maximum Gasteiger partial charge on any atom is 0.231 e. The van der Waals surface area contributed by atoms with Gasteiger partial charge in [-0.1, -0.05) is 6.07 Å². The molecule has 2 aliphatic heterocycles. The molecule has 0 saturated heterocycles. The summed E-state index contributed by atoms with van der Waals surface area (Å²) in [5.41, 5.74) is 2.35. The van der Waals surface area contributed by atoms with E-state index in [2.05, 4.69) is 20.5 Å². The maximum absolute atomic E-state index is 9.72. The van der Waals surface area contributed by atoms with Crippen molar-refractivity contribution in [3.63, 3.8) is 0 Å². The third-order valence-corrected chi connectivity index (χ3v) is 4.42. The summed E-state index contributed by atoms with van der Waals surface area (Å²) in [4.78, 5) is 6.53. The van der Waals surface area contributed by atoms with Gasteiger partial charge in [0.2, 0.25) is 6.79 Å². The Kier molecular flexibility index (Phi) is 3.48. The molecule has 0 amide bonds. The monoisotopic (exact) mass is 301 g/mol. The molecule has 2 aromatic rings. The minimum Gasteiger partial charge on any atom is -0.454 e. The van der Waals surface area contributed by atoms with Gasteiger partial charge in [0.1, 0.15) is 0 Å². The molecule has 0 radical (unpaired) electrons. The molecular formula is C16H19N3O3. The number of hydrogen-bond donors (Lipinski definition) is 1. The predicted octanol–water partition coefficient (Wildman–Crippen LogP) is 1.38.